The molecule has 2 N–H and O–H groups in total. The molecule has 1 amide bonds. The maximum Gasteiger partial charge on any atom is 0.251 e. The van der Waals surface area contributed by atoms with Gasteiger partial charge in [-0.15, -0.1) is 10.2 Å². The zero-order valence-corrected chi connectivity index (χ0v) is 19.0. The lowest BCUT2D eigenvalue weighted by atomic mass is 10.1. The average molecular weight is 437 g/mol. The highest BCUT2D eigenvalue weighted by molar-refractivity contribution is 5.95. The van der Waals surface area contributed by atoms with Gasteiger partial charge < -0.3 is 10.6 Å². The summed E-state index contributed by atoms with van der Waals surface area (Å²) in [4.78, 5) is 12.7. The zero-order chi connectivity index (χ0) is 23.0. The summed E-state index contributed by atoms with van der Waals surface area (Å²) in [6.07, 6.45) is 1.82. The second-order valence-electron chi connectivity index (χ2n) is 8.27. The Balaban J connectivity index is 1.35. The van der Waals surface area contributed by atoms with E-state index in [1.807, 2.05) is 73.7 Å². The third kappa shape index (κ3) is 6.26. The van der Waals surface area contributed by atoms with E-state index in [-0.39, 0.29) is 11.9 Å². The van der Waals surface area contributed by atoms with Crippen molar-refractivity contribution in [2.24, 2.45) is 0 Å². The zero-order valence-electron chi connectivity index (χ0n) is 19.0. The first kappa shape index (κ1) is 22.2. The molecular formula is C28H28N4O. The van der Waals surface area contributed by atoms with E-state index in [1.165, 1.54) is 11.1 Å². The predicted octanol–water partition coefficient (Wildman–Crippen LogP) is 5.95. The standard InChI is InChI=1S/C28H28N4O/c1-20-11-15-23(16-12-20)26-17-18-27(32-31-26)30-25-10-6-9-24(19-25)28(33)29-21(2)13-14-22-7-4-3-5-8-22/h3-12,15-19,21H,13-14H2,1-2H3,(H,29,33)(H,30,32)/t21-/m0/s1. The van der Waals surface area contributed by atoms with Crippen molar-refractivity contribution in [3.05, 3.63) is 108 Å². The summed E-state index contributed by atoms with van der Waals surface area (Å²) in [5.74, 6) is 0.541. The fourth-order valence-electron chi connectivity index (χ4n) is 3.57. The lowest BCUT2D eigenvalue weighted by Crippen LogP contribution is -2.32. The van der Waals surface area contributed by atoms with Gasteiger partial charge in [0.05, 0.1) is 5.69 Å². The Morgan fingerprint density at radius 2 is 1.67 bits per heavy atom. The topological polar surface area (TPSA) is 66.9 Å². The molecule has 0 saturated heterocycles. The first-order chi connectivity index (χ1) is 16.1. The van der Waals surface area contributed by atoms with Crippen molar-refractivity contribution in [1.82, 2.24) is 15.5 Å². The summed E-state index contributed by atoms with van der Waals surface area (Å²) in [5, 5.41) is 14.9. The number of carbonyl (C=O) groups excluding carboxylic acids is 1. The van der Waals surface area contributed by atoms with Crippen LogP contribution >= 0.6 is 0 Å². The van der Waals surface area contributed by atoms with Gasteiger partial charge in [0.25, 0.3) is 5.91 Å². The van der Waals surface area contributed by atoms with Gasteiger partial charge in [0.1, 0.15) is 0 Å². The fraction of sp³-hybridized carbons (Fsp3) is 0.179. The van der Waals surface area contributed by atoms with Gasteiger partial charge in [-0.05, 0) is 62.6 Å². The molecule has 0 unspecified atom stereocenters. The summed E-state index contributed by atoms with van der Waals surface area (Å²) in [7, 11) is 0. The monoisotopic (exact) mass is 436 g/mol. The number of rotatable bonds is 8. The lowest BCUT2D eigenvalue weighted by Gasteiger charge is -2.14. The van der Waals surface area contributed by atoms with Crippen LogP contribution in [0.5, 0.6) is 0 Å². The molecule has 1 aromatic heterocycles. The molecule has 5 nitrogen and oxygen atoms in total. The van der Waals surface area contributed by atoms with Crippen molar-refractivity contribution in [2.45, 2.75) is 32.7 Å². The second-order valence-corrected chi connectivity index (χ2v) is 8.27. The minimum atomic E-state index is -0.0833. The summed E-state index contributed by atoms with van der Waals surface area (Å²) in [5.41, 5.74) is 5.73. The molecule has 0 radical (unpaired) electrons. The first-order valence-corrected chi connectivity index (χ1v) is 11.2. The number of carbonyl (C=O) groups is 1. The number of nitrogens with one attached hydrogen (secondary N) is 2. The van der Waals surface area contributed by atoms with E-state index in [9.17, 15) is 4.79 Å². The molecule has 4 aromatic rings. The Bertz CT molecular complexity index is 1190. The molecule has 4 rings (SSSR count). The largest absolute Gasteiger partial charge is 0.350 e. The molecule has 3 aromatic carbocycles. The highest BCUT2D eigenvalue weighted by atomic mass is 16.1. The molecule has 33 heavy (non-hydrogen) atoms. The van der Waals surface area contributed by atoms with Crippen LogP contribution in [0.3, 0.4) is 0 Å². The van der Waals surface area contributed by atoms with Crippen LogP contribution in [-0.4, -0.2) is 22.1 Å². The minimum absolute atomic E-state index is 0.0782. The van der Waals surface area contributed by atoms with Gasteiger partial charge in [0.2, 0.25) is 0 Å². The van der Waals surface area contributed by atoms with Crippen LogP contribution in [0.25, 0.3) is 11.3 Å². The van der Waals surface area contributed by atoms with Crippen LogP contribution in [0.2, 0.25) is 0 Å². The number of benzene rings is 3. The van der Waals surface area contributed by atoms with Crippen LogP contribution in [0.4, 0.5) is 11.5 Å². The maximum atomic E-state index is 12.7. The quantitative estimate of drug-likeness (QED) is 0.358. The molecule has 0 fully saturated rings. The molecule has 166 valence electrons. The Morgan fingerprint density at radius 3 is 2.39 bits per heavy atom. The van der Waals surface area contributed by atoms with E-state index in [2.05, 4.69) is 52.0 Å². The molecule has 0 aliphatic heterocycles. The van der Waals surface area contributed by atoms with E-state index < -0.39 is 0 Å². The maximum absolute atomic E-state index is 12.7. The Hall–Kier alpha value is -3.99. The molecule has 1 heterocycles. The van der Waals surface area contributed by atoms with Crippen molar-refractivity contribution in [3.63, 3.8) is 0 Å². The van der Waals surface area contributed by atoms with E-state index in [1.54, 1.807) is 0 Å². The van der Waals surface area contributed by atoms with E-state index in [4.69, 9.17) is 0 Å². The molecule has 0 bridgehead atoms. The van der Waals surface area contributed by atoms with Crippen molar-refractivity contribution < 1.29 is 4.79 Å². The Labute approximate surface area is 194 Å². The SMILES string of the molecule is Cc1ccc(-c2ccc(Nc3cccc(C(=O)N[C@@H](C)CCc4ccccc4)c3)nn2)cc1. The number of aromatic nitrogens is 2. The molecule has 5 heteroatoms. The average Bonchev–Trinajstić information content (AvgIpc) is 2.85. The first-order valence-electron chi connectivity index (χ1n) is 11.2. The van der Waals surface area contributed by atoms with Crippen molar-refractivity contribution in [2.75, 3.05) is 5.32 Å². The highest BCUT2D eigenvalue weighted by Gasteiger charge is 2.11. The predicted molar refractivity (Wildman–Crippen MR) is 134 cm³/mol. The normalized spacial score (nSPS) is 11.6. The smallest absolute Gasteiger partial charge is 0.251 e. The van der Waals surface area contributed by atoms with Crippen LogP contribution in [0.15, 0.2) is 91.0 Å². The summed E-state index contributed by atoms with van der Waals surface area (Å²) >= 11 is 0. The van der Waals surface area contributed by atoms with Gasteiger partial charge >= 0.3 is 0 Å². The molecular weight excluding hydrogens is 408 g/mol. The molecule has 0 saturated carbocycles. The molecule has 1 atom stereocenters. The summed E-state index contributed by atoms with van der Waals surface area (Å²) in [6.45, 7) is 4.09. The van der Waals surface area contributed by atoms with Gasteiger partial charge in [-0.2, -0.15) is 0 Å². The van der Waals surface area contributed by atoms with Gasteiger partial charge in [-0.3, -0.25) is 4.79 Å². The number of hydrogen-bond acceptors (Lipinski definition) is 4. The van der Waals surface area contributed by atoms with E-state index >= 15 is 0 Å². The van der Waals surface area contributed by atoms with Gasteiger partial charge in [-0.1, -0.05) is 66.2 Å². The number of hydrogen-bond donors (Lipinski definition) is 2. The lowest BCUT2D eigenvalue weighted by molar-refractivity contribution is 0.0938. The second kappa shape index (κ2) is 10.6. The summed E-state index contributed by atoms with van der Waals surface area (Å²) in [6, 6.07) is 29.8. The number of anilines is 2. The number of nitrogens with zero attached hydrogens (tertiary/aromatic N) is 2. The van der Waals surface area contributed by atoms with Gasteiger partial charge in [0.15, 0.2) is 5.82 Å². The highest BCUT2D eigenvalue weighted by Crippen LogP contribution is 2.20. The third-order valence-electron chi connectivity index (χ3n) is 5.50. The van der Waals surface area contributed by atoms with E-state index in [0.29, 0.717) is 11.4 Å². The molecule has 0 spiro atoms. The molecule has 0 aliphatic carbocycles. The van der Waals surface area contributed by atoms with Crippen LogP contribution in [0, 0.1) is 6.92 Å². The van der Waals surface area contributed by atoms with Crippen molar-refractivity contribution in [3.8, 4) is 11.3 Å². The summed E-state index contributed by atoms with van der Waals surface area (Å²) < 4.78 is 0. The van der Waals surface area contributed by atoms with Gasteiger partial charge in [0, 0.05) is 22.9 Å². The fourth-order valence-corrected chi connectivity index (χ4v) is 3.57. The Morgan fingerprint density at radius 1 is 0.879 bits per heavy atom. The number of aryl methyl sites for hydroxylation is 2. The van der Waals surface area contributed by atoms with Crippen LogP contribution < -0.4 is 10.6 Å². The molecule has 0 aliphatic rings. The van der Waals surface area contributed by atoms with Crippen molar-refractivity contribution in [1.29, 1.82) is 0 Å². The van der Waals surface area contributed by atoms with Crippen molar-refractivity contribution >= 4 is 17.4 Å². The number of amides is 1. The van der Waals surface area contributed by atoms with E-state index in [0.717, 1.165) is 29.8 Å². The van der Waals surface area contributed by atoms with Crippen LogP contribution in [0.1, 0.15) is 34.8 Å². The minimum Gasteiger partial charge on any atom is -0.350 e. The Kier molecular flexibility index (Phi) is 7.10. The van der Waals surface area contributed by atoms with Crippen LogP contribution in [-0.2, 0) is 6.42 Å². The third-order valence-corrected chi connectivity index (χ3v) is 5.50. The van der Waals surface area contributed by atoms with Gasteiger partial charge in [-0.25, -0.2) is 0 Å².